The maximum Gasteiger partial charge on any atom is 0.182 e. The minimum absolute atomic E-state index is 0.0682. The zero-order valence-corrected chi connectivity index (χ0v) is 11.6. The van der Waals surface area contributed by atoms with Crippen molar-refractivity contribution in [2.45, 2.75) is 39.2 Å². The molecule has 0 amide bonds. The van der Waals surface area contributed by atoms with Crippen molar-refractivity contribution in [3.05, 3.63) is 29.3 Å². The second kappa shape index (κ2) is 5.61. The van der Waals surface area contributed by atoms with Gasteiger partial charge in [-0.1, -0.05) is 25.6 Å². The maximum atomic E-state index is 13.8. The second-order valence-corrected chi connectivity index (χ2v) is 5.35. The van der Waals surface area contributed by atoms with Crippen LogP contribution in [0.15, 0.2) is 12.1 Å². The lowest BCUT2D eigenvalue weighted by Gasteiger charge is -2.27. The van der Waals surface area contributed by atoms with E-state index in [1.54, 1.807) is 0 Å². The van der Waals surface area contributed by atoms with Crippen molar-refractivity contribution in [3.63, 3.8) is 0 Å². The first-order valence-electron chi connectivity index (χ1n) is 5.84. The highest BCUT2D eigenvalue weighted by molar-refractivity contribution is 7.80. The van der Waals surface area contributed by atoms with Crippen LogP contribution in [0.25, 0.3) is 0 Å². The van der Waals surface area contributed by atoms with Crippen LogP contribution in [-0.4, -0.2) is 10.5 Å². The van der Waals surface area contributed by atoms with Gasteiger partial charge >= 0.3 is 0 Å². The standard InChI is InChI=1S/C13H18F2N2S/c1-4-7-13(2,3)17-9-6-5-8(12(16)18)10(14)11(9)15/h5-6,17H,4,7H2,1-3H3,(H2,16,18). The molecule has 0 fully saturated rings. The van der Waals surface area contributed by atoms with Crippen LogP contribution < -0.4 is 11.1 Å². The van der Waals surface area contributed by atoms with E-state index in [0.717, 1.165) is 12.8 Å². The highest BCUT2D eigenvalue weighted by Gasteiger charge is 2.21. The lowest BCUT2D eigenvalue weighted by Crippen LogP contribution is -2.31. The zero-order valence-electron chi connectivity index (χ0n) is 10.8. The molecule has 1 rings (SSSR count). The van der Waals surface area contributed by atoms with E-state index < -0.39 is 11.6 Å². The predicted molar refractivity (Wildman–Crippen MR) is 74.9 cm³/mol. The Kier molecular flexibility index (Phi) is 4.62. The molecule has 0 unspecified atom stereocenters. The average molecular weight is 272 g/mol. The highest BCUT2D eigenvalue weighted by Crippen LogP contribution is 2.25. The van der Waals surface area contributed by atoms with E-state index in [1.165, 1.54) is 12.1 Å². The summed E-state index contributed by atoms with van der Waals surface area (Å²) in [5.41, 5.74) is 5.08. The number of nitrogens with two attached hydrogens (primary N) is 1. The van der Waals surface area contributed by atoms with E-state index in [9.17, 15) is 8.78 Å². The summed E-state index contributed by atoms with van der Waals surface area (Å²) in [4.78, 5) is -0.147. The van der Waals surface area contributed by atoms with Crippen LogP contribution in [0.3, 0.4) is 0 Å². The number of thiocarbonyl (C=S) groups is 1. The smallest absolute Gasteiger partial charge is 0.182 e. The van der Waals surface area contributed by atoms with Gasteiger partial charge in [0.1, 0.15) is 4.99 Å². The summed E-state index contributed by atoms with van der Waals surface area (Å²) in [7, 11) is 0. The van der Waals surface area contributed by atoms with Gasteiger partial charge in [-0.15, -0.1) is 0 Å². The third-order valence-electron chi connectivity index (χ3n) is 2.70. The quantitative estimate of drug-likeness (QED) is 0.804. The largest absolute Gasteiger partial charge is 0.389 e. The summed E-state index contributed by atoms with van der Waals surface area (Å²) >= 11 is 4.65. The molecule has 0 aliphatic rings. The molecule has 5 heteroatoms. The van der Waals surface area contributed by atoms with Crippen LogP contribution in [0.5, 0.6) is 0 Å². The molecule has 1 aromatic rings. The Hall–Kier alpha value is -1.23. The van der Waals surface area contributed by atoms with Crippen molar-refractivity contribution in [2.75, 3.05) is 5.32 Å². The SMILES string of the molecule is CCCC(C)(C)Nc1ccc(C(N)=S)c(F)c1F. The summed E-state index contributed by atoms with van der Waals surface area (Å²) in [6.45, 7) is 5.92. The lowest BCUT2D eigenvalue weighted by molar-refractivity contribution is 0.486. The molecule has 0 aliphatic carbocycles. The Bertz CT molecular complexity index is 459. The molecule has 0 saturated carbocycles. The van der Waals surface area contributed by atoms with E-state index in [4.69, 9.17) is 5.73 Å². The number of anilines is 1. The predicted octanol–water partition coefficient (Wildman–Crippen LogP) is 3.59. The molecule has 0 atom stereocenters. The summed E-state index contributed by atoms with van der Waals surface area (Å²) < 4.78 is 27.5. The van der Waals surface area contributed by atoms with Gasteiger partial charge in [-0.05, 0) is 32.4 Å². The third kappa shape index (κ3) is 3.38. The molecule has 3 N–H and O–H groups in total. The zero-order chi connectivity index (χ0) is 13.9. The first-order valence-corrected chi connectivity index (χ1v) is 6.25. The van der Waals surface area contributed by atoms with Crippen LogP contribution in [0.2, 0.25) is 0 Å². The van der Waals surface area contributed by atoms with Crippen LogP contribution in [0.4, 0.5) is 14.5 Å². The van der Waals surface area contributed by atoms with E-state index in [-0.39, 0.29) is 21.8 Å². The van der Waals surface area contributed by atoms with Gasteiger partial charge in [-0.3, -0.25) is 0 Å². The summed E-state index contributed by atoms with van der Waals surface area (Å²) in [6, 6.07) is 2.86. The molecule has 1 aromatic carbocycles. The molecule has 0 aliphatic heterocycles. The van der Waals surface area contributed by atoms with Crippen molar-refractivity contribution >= 4 is 22.9 Å². The number of rotatable bonds is 5. The Morgan fingerprint density at radius 2 is 1.94 bits per heavy atom. The van der Waals surface area contributed by atoms with Gasteiger partial charge in [0.25, 0.3) is 0 Å². The molecule has 0 saturated heterocycles. The fourth-order valence-corrected chi connectivity index (χ4v) is 2.05. The van der Waals surface area contributed by atoms with E-state index in [1.807, 2.05) is 20.8 Å². The van der Waals surface area contributed by atoms with Crippen molar-refractivity contribution in [2.24, 2.45) is 5.73 Å². The third-order valence-corrected chi connectivity index (χ3v) is 2.92. The van der Waals surface area contributed by atoms with Crippen LogP contribution in [0.1, 0.15) is 39.2 Å². The average Bonchev–Trinajstić information content (AvgIpc) is 2.24. The fourth-order valence-electron chi connectivity index (χ4n) is 1.89. The van der Waals surface area contributed by atoms with E-state index in [2.05, 4.69) is 17.5 Å². The Labute approximate surface area is 112 Å². The number of nitrogens with one attached hydrogen (secondary N) is 1. The molecule has 18 heavy (non-hydrogen) atoms. The fraction of sp³-hybridized carbons (Fsp3) is 0.462. The Balaban J connectivity index is 3.06. The molecule has 0 spiro atoms. The first kappa shape index (κ1) is 14.8. The number of hydrogen-bond acceptors (Lipinski definition) is 2. The maximum absolute atomic E-state index is 13.8. The van der Waals surface area contributed by atoms with Gasteiger partial charge in [0.15, 0.2) is 11.6 Å². The van der Waals surface area contributed by atoms with Crippen molar-refractivity contribution < 1.29 is 8.78 Å². The number of halogens is 2. The first-order chi connectivity index (χ1) is 8.28. The molecule has 100 valence electrons. The van der Waals surface area contributed by atoms with E-state index in [0.29, 0.717) is 0 Å². The Morgan fingerprint density at radius 1 is 1.33 bits per heavy atom. The Morgan fingerprint density at radius 3 is 2.44 bits per heavy atom. The normalized spacial score (nSPS) is 11.4. The van der Waals surface area contributed by atoms with Gasteiger partial charge in [0, 0.05) is 11.1 Å². The summed E-state index contributed by atoms with van der Waals surface area (Å²) in [5, 5.41) is 3.00. The van der Waals surface area contributed by atoms with Gasteiger partial charge < -0.3 is 11.1 Å². The molecule has 0 aromatic heterocycles. The molecule has 2 nitrogen and oxygen atoms in total. The summed E-state index contributed by atoms with van der Waals surface area (Å²) in [6.07, 6.45) is 1.81. The van der Waals surface area contributed by atoms with Gasteiger partial charge in [-0.25, -0.2) is 8.78 Å². The minimum Gasteiger partial charge on any atom is -0.389 e. The van der Waals surface area contributed by atoms with Crippen molar-refractivity contribution in [1.29, 1.82) is 0 Å². The van der Waals surface area contributed by atoms with Crippen LogP contribution >= 0.6 is 12.2 Å². The number of benzene rings is 1. The lowest BCUT2D eigenvalue weighted by atomic mass is 9.98. The van der Waals surface area contributed by atoms with Gasteiger partial charge in [0.2, 0.25) is 0 Å². The second-order valence-electron chi connectivity index (χ2n) is 4.91. The monoisotopic (exact) mass is 272 g/mol. The number of hydrogen-bond donors (Lipinski definition) is 2. The molecular formula is C13H18F2N2S. The minimum atomic E-state index is -1.00. The molecule has 0 bridgehead atoms. The highest BCUT2D eigenvalue weighted by atomic mass is 32.1. The summed E-state index contributed by atoms with van der Waals surface area (Å²) in [5.74, 6) is -1.94. The van der Waals surface area contributed by atoms with E-state index >= 15 is 0 Å². The van der Waals surface area contributed by atoms with Crippen molar-refractivity contribution in [3.8, 4) is 0 Å². The van der Waals surface area contributed by atoms with Crippen LogP contribution in [-0.2, 0) is 0 Å². The van der Waals surface area contributed by atoms with Gasteiger partial charge in [-0.2, -0.15) is 0 Å². The van der Waals surface area contributed by atoms with Crippen LogP contribution in [0, 0.1) is 11.6 Å². The van der Waals surface area contributed by atoms with Crippen molar-refractivity contribution in [1.82, 2.24) is 0 Å². The van der Waals surface area contributed by atoms with Gasteiger partial charge in [0.05, 0.1) is 5.69 Å². The molecule has 0 heterocycles. The molecule has 0 radical (unpaired) electrons. The molecular weight excluding hydrogens is 254 g/mol. The topological polar surface area (TPSA) is 38.0 Å².